The van der Waals surface area contributed by atoms with E-state index >= 15 is 0 Å². The van der Waals surface area contributed by atoms with Crippen LogP contribution in [0.25, 0.3) is 66.3 Å². The zero-order valence-electron chi connectivity index (χ0n) is 28.3. The van der Waals surface area contributed by atoms with Crippen molar-refractivity contribution < 1.29 is 4.79 Å². The number of benzene rings is 8. The average Bonchev–Trinajstić information content (AvgIpc) is 3.74. The molecule has 1 aliphatic rings. The second-order valence-electron chi connectivity index (χ2n) is 13.4. The smallest absolute Gasteiger partial charge is 0.196 e. The van der Waals surface area contributed by atoms with Crippen molar-refractivity contribution in [2.24, 2.45) is 0 Å². The first-order valence-corrected chi connectivity index (χ1v) is 17.6. The molecule has 52 heavy (non-hydrogen) atoms. The van der Waals surface area contributed by atoms with Crippen LogP contribution in [0.3, 0.4) is 0 Å². The molecule has 0 atom stereocenters. The summed E-state index contributed by atoms with van der Waals surface area (Å²) in [4.78, 5) is 19.4. The van der Waals surface area contributed by atoms with Crippen LogP contribution in [0.1, 0.15) is 15.9 Å². The lowest BCUT2D eigenvalue weighted by Crippen LogP contribution is -2.09. The molecule has 0 fully saturated rings. The second-order valence-corrected chi connectivity index (χ2v) is 13.4. The third kappa shape index (κ3) is 4.94. The highest BCUT2D eigenvalue weighted by atomic mass is 16.1. The molecule has 8 aromatic carbocycles. The fourth-order valence-corrected chi connectivity index (χ4v) is 7.78. The number of hydrogen-bond donors (Lipinski definition) is 1. The Morgan fingerprint density at radius 3 is 1.38 bits per heavy atom. The minimum Gasteiger partial charge on any atom is -0.354 e. The van der Waals surface area contributed by atoms with E-state index in [-0.39, 0.29) is 5.78 Å². The summed E-state index contributed by atoms with van der Waals surface area (Å²) in [5.74, 6) is 0.0903. The Kier molecular flexibility index (Phi) is 6.97. The van der Waals surface area contributed by atoms with E-state index < -0.39 is 0 Å². The summed E-state index contributed by atoms with van der Waals surface area (Å²) in [6, 6.07) is 66.1. The maximum atomic E-state index is 13.5. The second kappa shape index (κ2) is 12.1. The van der Waals surface area contributed by atoms with E-state index in [1.807, 2.05) is 36.4 Å². The van der Waals surface area contributed by atoms with Crippen molar-refractivity contribution in [3.63, 3.8) is 0 Å². The van der Waals surface area contributed by atoms with Gasteiger partial charge >= 0.3 is 0 Å². The summed E-state index contributed by atoms with van der Waals surface area (Å²) in [5.41, 5.74) is 15.8. The fraction of sp³-hybridized carbons (Fsp3) is 0. The molecule has 3 heteroatoms. The summed E-state index contributed by atoms with van der Waals surface area (Å²) >= 11 is 0. The van der Waals surface area contributed by atoms with Crippen LogP contribution in [-0.4, -0.2) is 10.8 Å². The molecule has 10 rings (SSSR count). The van der Waals surface area contributed by atoms with E-state index in [4.69, 9.17) is 0 Å². The van der Waals surface area contributed by atoms with Gasteiger partial charge in [0.25, 0.3) is 0 Å². The van der Waals surface area contributed by atoms with Crippen molar-refractivity contribution in [1.29, 1.82) is 0 Å². The molecular weight excluding hydrogens is 633 g/mol. The molecule has 1 aromatic heterocycles. The molecule has 0 unspecified atom stereocenters. The Morgan fingerprint density at radius 1 is 0.365 bits per heavy atom. The SMILES string of the molecule is O=C1c2ccccc2-c2ccc3c([nH]c4ccc(-c5ccc(N(c6ccc(-c7ccccc7)cc6)c6ccc(-c7ccccc7)cc6)cc5)cc43)c21. The molecule has 9 aromatic rings. The number of rotatable bonds is 6. The van der Waals surface area contributed by atoms with Gasteiger partial charge in [0.05, 0.1) is 11.1 Å². The third-order valence-electron chi connectivity index (χ3n) is 10.4. The van der Waals surface area contributed by atoms with Gasteiger partial charge in [-0.05, 0) is 93.0 Å². The van der Waals surface area contributed by atoms with Gasteiger partial charge in [-0.1, -0.05) is 140 Å². The lowest BCUT2D eigenvalue weighted by Gasteiger charge is -2.26. The summed E-state index contributed by atoms with van der Waals surface area (Å²) < 4.78 is 0. The first-order valence-electron chi connectivity index (χ1n) is 17.6. The monoisotopic (exact) mass is 664 g/mol. The van der Waals surface area contributed by atoms with Crippen LogP contribution >= 0.6 is 0 Å². The van der Waals surface area contributed by atoms with Crippen LogP contribution in [0.4, 0.5) is 17.1 Å². The molecule has 1 aliphatic carbocycles. The Morgan fingerprint density at radius 2 is 0.827 bits per heavy atom. The molecule has 0 saturated heterocycles. The van der Waals surface area contributed by atoms with E-state index in [2.05, 4.69) is 162 Å². The topological polar surface area (TPSA) is 36.1 Å². The number of carbonyl (C=O) groups is 1. The summed E-state index contributed by atoms with van der Waals surface area (Å²) in [6.45, 7) is 0. The highest BCUT2D eigenvalue weighted by molar-refractivity contribution is 6.29. The van der Waals surface area contributed by atoms with Gasteiger partial charge in [0, 0.05) is 38.9 Å². The Bertz CT molecular complexity index is 2680. The van der Waals surface area contributed by atoms with Crippen LogP contribution in [0.5, 0.6) is 0 Å². The van der Waals surface area contributed by atoms with Gasteiger partial charge in [0.15, 0.2) is 5.78 Å². The van der Waals surface area contributed by atoms with Gasteiger partial charge in [-0.15, -0.1) is 0 Å². The Labute approximate surface area is 302 Å². The summed E-state index contributed by atoms with van der Waals surface area (Å²) in [6.07, 6.45) is 0. The van der Waals surface area contributed by atoms with Crippen molar-refractivity contribution in [3.05, 3.63) is 199 Å². The average molecular weight is 665 g/mol. The highest BCUT2D eigenvalue weighted by Crippen LogP contribution is 2.43. The molecule has 0 saturated carbocycles. The number of aromatic nitrogens is 1. The lowest BCUT2D eigenvalue weighted by molar-refractivity contribution is 0.104. The zero-order chi connectivity index (χ0) is 34.6. The van der Waals surface area contributed by atoms with Crippen LogP contribution in [0.15, 0.2) is 188 Å². The maximum Gasteiger partial charge on any atom is 0.196 e. The largest absolute Gasteiger partial charge is 0.354 e. The number of carbonyl (C=O) groups excluding carboxylic acids is 1. The predicted octanol–water partition coefficient (Wildman–Crippen LogP) is 13.0. The minimum atomic E-state index is 0.0903. The fourth-order valence-electron chi connectivity index (χ4n) is 7.78. The Hall–Kier alpha value is -6.97. The van der Waals surface area contributed by atoms with Gasteiger partial charge < -0.3 is 9.88 Å². The van der Waals surface area contributed by atoms with Crippen molar-refractivity contribution in [2.75, 3.05) is 4.90 Å². The van der Waals surface area contributed by atoms with Gasteiger partial charge in [-0.3, -0.25) is 4.79 Å². The Balaban J connectivity index is 1.02. The van der Waals surface area contributed by atoms with Crippen molar-refractivity contribution in [2.45, 2.75) is 0 Å². The molecule has 0 bridgehead atoms. The normalized spacial score (nSPS) is 11.9. The summed E-state index contributed by atoms with van der Waals surface area (Å²) in [7, 11) is 0. The number of aromatic amines is 1. The van der Waals surface area contributed by atoms with Crippen LogP contribution < -0.4 is 4.90 Å². The number of ketones is 1. The molecule has 244 valence electrons. The van der Waals surface area contributed by atoms with Gasteiger partial charge in [0.1, 0.15) is 0 Å². The minimum absolute atomic E-state index is 0.0903. The number of nitrogens with one attached hydrogen (secondary N) is 1. The van der Waals surface area contributed by atoms with Gasteiger partial charge in [-0.2, -0.15) is 0 Å². The van der Waals surface area contributed by atoms with Crippen molar-refractivity contribution >= 4 is 44.7 Å². The molecule has 0 spiro atoms. The van der Waals surface area contributed by atoms with E-state index in [1.165, 1.54) is 22.3 Å². The van der Waals surface area contributed by atoms with E-state index in [0.29, 0.717) is 0 Å². The molecule has 0 aliphatic heterocycles. The molecular formula is C49H32N2O. The standard InChI is InChI=1S/C49H32N2O/c52-49-44-14-8-7-13-41(44)42-28-29-43-45-31-37(21-30-46(45)50-48(43)47(42)49)36-19-26-40(27-20-36)51(38-22-15-34(16-23-38)32-9-3-1-4-10-32)39-24-17-35(18-25-39)33-11-5-2-6-12-33/h1-31,50H. The first-order chi connectivity index (χ1) is 25.7. The van der Waals surface area contributed by atoms with Gasteiger partial charge in [0.2, 0.25) is 0 Å². The van der Waals surface area contributed by atoms with Crippen LogP contribution in [0, 0.1) is 0 Å². The molecule has 1 N–H and O–H groups in total. The highest BCUT2D eigenvalue weighted by Gasteiger charge is 2.29. The lowest BCUT2D eigenvalue weighted by atomic mass is 9.99. The van der Waals surface area contributed by atoms with Crippen molar-refractivity contribution in [3.8, 4) is 44.5 Å². The van der Waals surface area contributed by atoms with E-state index in [1.54, 1.807) is 0 Å². The van der Waals surface area contributed by atoms with Crippen LogP contribution in [-0.2, 0) is 0 Å². The first kappa shape index (κ1) is 29.9. The molecule has 0 radical (unpaired) electrons. The number of hydrogen-bond acceptors (Lipinski definition) is 2. The maximum absolute atomic E-state index is 13.5. The van der Waals surface area contributed by atoms with Crippen molar-refractivity contribution in [1.82, 2.24) is 4.98 Å². The third-order valence-corrected chi connectivity index (χ3v) is 10.4. The molecule has 1 heterocycles. The van der Waals surface area contributed by atoms with Crippen LogP contribution in [0.2, 0.25) is 0 Å². The molecule has 0 amide bonds. The molecule has 3 nitrogen and oxygen atoms in total. The quantitative estimate of drug-likeness (QED) is 0.192. The number of H-pyrrole nitrogens is 1. The predicted molar refractivity (Wildman–Crippen MR) is 216 cm³/mol. The number of nitrogens with zero attached hydrogens (tertiary/aromatic N) is 1. The van der Waals surface area contributed by atoms with E-state index in [9.17, 15) is 4.79 Å². The number of fused-ring (bicyclic) bond motifs is 7. The van der Waals surface area contributed by atoms with E-state index in [0.717, 1.165) is 72.2 Å². The summed E-state index contributed by atoms with van der Waals surface area (Å²) in [5, 5.41) is 2.18. The zero-order valence-corrected chi connectivity index (χ0v) is 28.3. The van der Waals surface area contributed by atoms with Gasteiger partial charge in [-0.25, -0.2) is 0 Å². The number of anilines is 3.